The zero-order valence-corrected chi connectivity index (χ0v) is 17.1. The van der Waals surface area contributed by atoms with Crippen LogP contribution in [0.1, 0.15) is 60.8 Å². The zero-order valence-electron chi connectivity index (χ0n) is 16.3. The second kappa shape index (κ2) is 9.64. The summed E-state index contributed by atoms with van der Waals surface area (Å²) in [6.07, 6.45) is 4.39. The molecule has 2 amide bonds. The van der Waals surface area contributed by atoms with Gasteiger partial charge in [0.15, 0.2) is 6.61 Å². The number of hydrogen-bond acceptors (Lipinski definition) is 6. The smallest absolute Gasteiger partial charge is 0.261 e. The van der Waals surface area contributed by atoms with Crippen molar-refractivity contribution in [1.82, 2.24) is 15.1 Å². The van der Waals surface area contributed by atoms with Gasteiger partial charge in [-0.1, -0.05) is 50.2 Å². The minimum absolute atomic E-state index is 0.0391. The molecule has 1 aromatic heterocycles. The third-order valence-electron chi connectivity index (χ3n) is 4.60. The molecule has 1 aliphatic rings. The van der Waals surface area contributed by atoms with Gasteiger partial charge in [-0.25, -0.2) is 0 Å². The van der Waals surface area contributed by atoms with E-state index in [0.717, 1.165) is 43.8 Å². The molecule has 7 nitrogen and oxygen atoms in total. The van der Waals surface area contributed by atoms with Crippen molar-refractivity contribution in [1.29, 1.82) is 0 Å². The molecule has 1 fully saturated rings. The van der Waals surface area contributed by atoms with Crippen LogP contribution in [0.2, 0.25) is 0 Å². The lowest BCUT2D eigenvalue weighted by Crippen LogP contribution is -2.35. The number of para-hydroxylation sites is 1. The maximum Gasteiger partial charge on any atom is 0.261 e. The molecule has 28 heavy (non-hydrogen) atoms. The lowest BCUT2D eigenvalue weighted by atomic mass is 10.2. The Bertz CT molecular complexity index is 813. The number of hydrogen-bond donors (Lipinski definition) is 1. The van der Waals surface area contributed by atoms with Gasteiger partial charge >= 0.3 is 0 Å². The topological polar surface area (TPSA) is 84.4 Å². The van der Waals surface area contributed by atoms with Crippen LogP contribution in [0.25, 0.3) is 0 Å². The first kappa shape index (κ1) is 20.3. The average Bonchev–Trinajstić information content (AvgIpc) is 2.99. The van der Waals surface area contributed by atoms with Crippen LogP contribution in [0, 0.1) is 0 Å². The molecule has 0 atom stereocenters. The third kappa shape index (κ3) is 5.28. The highest BCUT2D eigenvalue weighted by atomic mass is 32.1. The molecule has 0 bridgehead atoms. The van der Waals surface area contributed by atoms with E-state index in [4.69, 9.17) is 4.74 Å². The van der Waals surface area contributed by atoms with E-state index in [-0.39, 0.29) is 24.3 Å². The first-order chi connectivity index (χ1) is 13.5. The number of benzene rings is 1. The van der Waals surface area contributed by atoms with Gasteiger partial charge in [-0.3, -0.25) is 14.9 Å². The Balaban J connectivity index is 1.63. The minimum Gasteiger partial charge on any atom is -0.483 e. The normalized spacial score (nSPS) is 14.6. The van der Waals surface area contributed by atoms with Crippen LogP contribution in [-0.4, -0.2) is 46.6 Å². The van der Waals surface area contributed by atoms with Crippen LogP contribution in [0.5, 0.6) is 5.75 Å². The van der Waals surface area contributed by atoms with Crippen molar-refractivity contribution in [2.45, 2.75) is 45.4 Å². The monoisotopic (exact) mass is 402 g/mol. The number of rotatable bonds is 6. The lowest BCUT2D eigenvalue weighted by Gasteiger charge is -2.20. The van der Waals surface area contributed by atoms with Crippen molar-refractivity contribution in [3.05, 3.63) is 34.8 Å². The summed E-state index contributed by atoms with van der Waals surface area (Å²) in [4.78, 5) is 27.0. The van der Waals surface area contributed by atoms with Gasteiger partial charge in [-0.15, -0.1) is 10.2 Å². The fourth-order valence-corrected chi connectivity index (χ4v) is 3.75. The molecule has 0 spiro atoms. The molecular weight excluding hydrogens is 376 g/mol. The van der Waals surface area contributed by atoms with Crippen molar-refractivity contribution in [3.8, 4) is 5.75 Å². The Labute approximate surface area is 169 Å². The molecule has 0 unspecified atom stereocenters. The number of nitrogens with zero attached hydrogens (tertiary/aromatic N) is 3. The Hall–Kier alpha value is -2.48. The van der Waals surface area contributed by atoms with E-state index in [1.54, 1.807) is 24.3 Å². The van der Waals surface area contributed by atoms with Gasteiger partial charge in [0.1, 0.15) is 10.8 Å². The van der Waals surface area contributed by atoms with Crippen LogP contribution in [0.15, 0.2) is 24.3 Å². The summed E-state index contributed by atoms with van der Waals surface area (Å²) in [5.74, 6) is 0.271. The fraction of sp³-hybridized carbons (Fsp3) is 0.500. The molecular formula is C20H26N4O3S. The second-order valence-electron chi connectivity index (χ2n) is 7.13. The predicted molar refractivity (Wildman–Crippen MR) is 109 cm³/mol. The summed E-state index contributed by atoms with van der Waals surface area (Å²) in [5, 5.41) is 12.2. The molecule has 0 saturated carbocycles. The van der Waals surface area contributed by atoms with Crippen LogP contribution in [0.3, 0.4) is 0 Å². The van der Waals surface area contributed by atoms with E-state index < -0.39 is 0 Å². The van der Waals surface area contributed by atoms with Crippen molar-refractivity contribution in [2.24, 2.45) is 0 Å². The van der Waals surface area contributed by atoms with Crippen LogP contribution in [-0.2, 0) is 4.79 Å². The van der Waals surface area contributed by atoms with E-state index >= 15 is 0 Å². The molecule has 8 heteroatoms. The molecule has 1 aliphatic heterocycles. The largest absolute Gasteiger partial charge is 0.483 e. The highest BCUT2D eigenvalue weighted by Gasteiger charge is 2.19. The zero-order chi connectivity index (χ0) is 19.9. The maximum atomic E-state index is 12.7. The van der Waals surface area contributed by atoms with Gasteiger partial charge in [0.2, 0.25) is 5.13 Å². The van der Waals surface area contributed by atoms with Gasteiger partial charge in [0.05, 0.1) is 5.56 Å². The number of amides is 2. The molecule has 1 N–H and O–H groups in total. The maximum absolute atomic E-state index is 12.7. The molecule has 2 aromatic rings. The number of carbonyl (C=O) groups is 2. The van der Waals surface area contributed by atoms with Crippen molar-refractivity contribution < 1.29 is 14.3 Å². The lowest BCUT2D eigenvalue weighted by molar-refractivity contribution is -0.133. The summed E-state index contributed by atoms with van der Waals surface area (Å²) < 4.78 is 5.71. The molecule has 0 aliphatic carbocycles. The van der Waals surface area contributed by atoms with Crippen molar-refractivity contribution >= 4 is 28.3 Å². The first-order valence-electron chi connectivity index (χ1n) is 9.69. The quantitative estimate of drug-likeness (QED) is 0.796. The highest BCUT2D eigenvalue weighted by molar-refractivity contribution is 7.15. The Kier molecular flexibility index (Phi) is 6.97. The second-order valence-corrected chi connectivity index (χ2v) is 8.14. The average molecular weight is 403 g/mol. The van der Waals surface area contributed by atoms with Gasteiger partial charge in [0, 0.05) is 19.0 Å². The molecule has 150 valence electrons. The summed E-state index contributed by atoms with van der Waals surface area (Å²) in [5.41, 5.74) is 0.368. The fourth-order valence-electron chi connectivity index (χ4n) is 3.01. The SMILES string of the molecule is CC(C)c1nnc(NC(=O)c2ccccc2OCC(=O)N2CCCCCC2)s1. The number of ether oxygens (including phenoxy) is 1. The molecule has 1 saturated heterocycles. The first-order valence-corrected chi connectivity index (χ1v) is 10.5. The summed E-state index contributed by atoms with van der Waals surface area (Å²) >= 11 is 1.35. The molecule has 3 rings (SSSR count). The van der Waals surface area contributed by atoms with Crippen molar-refractivity contribution in [2.75, 3.05) is 25.0 Å². The number of likely N-dealkylation sites (tertiary alicyclic amines) is 1. The van der Waals surface area contributed by atoms with Gasteiger partial charge < -0.3 is 9.64 Å². The Morgan fingerprint density at radius 3 is 2.54 bits per heavy atom. The molecule has 0 radical (unpaired) electrons. The summed E-state index contributed by atoms with van der Waals surface area (Å²) in [7, 11) is 0. The van der Waals surface area contributed by atoms with Gasteiger partial charge in [0.25, 0.3) is 11.8 Å². The van der Waals surface area contributed by atoms with E-state index in [2.05, 4.69) is 15.5 Å². The molecule has 1 aromatic carbocycles. The van der Waals surface area contributed by atoms with Gasteiger partial charge in [-0.2, -0.15) is 0 Å². The number of anilines is 1. The van der Waals surface area contributed by atoms with E-state index in [0.29, 0.717) is 16.4 Å². The summed E-state index contributed by atoms with van der Waals surface area (Å²) in [6.45, 7) is 5.53. The van der Waals surface area contributed by atoms with Crippen molar-refractivity contribution in [3.63, 3.8) is 0 Å². The van der Waals surface area contributed by atoms with Crippen LogP contribution >= 0.6 is 11.3 Å². The Morgan fingerprint density at radius 2 is 1.86 bits per heavy atom. The number of nitrogens with one attached hydrogen (secondary N) is 1. The standard InChI is InChI=1S/C20H26N4O3S/c1-14(2)19-22-23-20(28-19)21-18(26)15-9-5-6-10-16(15)27-13-17(25)24-11-7-3-4-8-12-24/h5-6,9-10,14H,3-4,7-8,11-13H2,1-2H3,(H,21,23,26). The summed E-state index contributed by atoms with van der Waals surface area (Å²) in [6, 6.07) is 6.91. The number of carbonyl (C=O) groups excluding carboxylic acids is 2. The van der Waals surface area contributed by atoms with Crippen LogP contribution in [0.4, 0.5) is 5.13 Å². The minimum atomic E-state index is -0.329. The van der Waals surface area contributed by atoms with E-state index in [1.807, 2.05) is 18.7 Å². The Morgan fingerprint density at radius 1 is 1.14 bits per heavy atom. The van der Waals surface area contributed by atoms with Crippen LogP contribution < -0.4 is 10.1 Å². The highest BCUT2D eigenvalue weighted by Crippen LogP contribution is 2.24. The van der Waals surface area contributed by atoms with Gasteiger partial charge in [-0.05, 0) is 25.0 Å². The van der Waals surface area contributed by atoms with E-state index in [1.165, 1.54) is 11.3 Å². The molecule has 2 heterocycles. The number of aromatic nitrogens is 2. The van der Waals surface area contributed by atoms with E-state index in [9.17, 15) is 9.59 Å². The predicted octanol–water partition coefficient (Wildman–Crippen LogP) is 3.70. The third-order valence-corrected chi connectivity index (χ3v) is 5.74.